The van der Waals surface area contributed by atoms with Crippen LogP contribution in [0.4, 0.5) is 0 Å². The van der Waals surface area contributed by atoms with Crippen LogP contribution in [-0.2, 0) is 0 Å². The van der Waals surface area contributed by atoms with Gasteiger partial charge in [0, 0.05) is 39.3 Å². The van der Waals surface area contributed by atoms with Crippen LogP contribution >= 0.6 is 0 Å². The topological polar surface area (TPSA) is 6.48 Å². The van der Waals surface area contributed by atoms with E-state index in [0.29, 0.717) is 0 Å². The molecule has 0 spiro atoms. The highest BCUT2D eigenvalue weighted by molar-refractivity contribution is 4.89. The van der Waals surface area contributed by atoms with E-state index in [2.05, 4.69) is 9.80 Å². The normalized spacial score (nSPS) is 42.6. The molecule has 0 N–H and O–H groups in total. The Bertz CT molecular complexity index is 269. The third kappa shape index (κ3) is 2.78. The number of hydrogen-bond donors (Lipinski definition) is 0. The summed E-state index contributed by atoms with van der Waals surface area (Å²) in [6, 6.07) is 0. The Morgan fingerprint density at radius 3 is 1.10 bits per heavy atom. The van der Waals surface area contributed by atoms with Crippen LogP contribution in [0.25, 0.3) is 0 Å². The minimum absolute atomic E-state index is 1.06. The maximum Gasteiger partial charge on any atom is 0.0110 e. The van der Waals surface area contributed by atoms with Gasteiger partial charge in [-0.2, -0.15) is 0 Å². The number of nitrogens with zero attached hydrogens (tertiary/aromatic N) is 2. The van der Waals surface area contributed by atoms with Crippen molar-refractivity contribution >= 4 is 0 Å². The van der Waals surface area contributed by atoms with E-state index in [1.54, 1.807) is 0 Å². The molecule has 4 aliphatic rings. The maximum absolute atomic E-state index is 2.79. The Balaban J connectivity index is 1.23. The van der Waals surface area contributed by atoms with Crippen LogP contribution in [0, 0.1) is 23.7 Å². The highest BCUT2D eigenvalue weighted by atomic mass is 15.2. The second-order valence-electron chi connectivity index (χ2n) is 8.13. The van der Waals surface area contributed by atoms with Crippen molar-refractivity contribution < 1.29 is 0 Å². The van der Waals surface area contributed by atoms with Crippen molar-refractivity contribution in [3.05, 3.63) is 0 Å². The highest BCUT2D eigenvalue weighted by Crippen LogP contribution is 2.37. The number of fused-ring (bicyclic) bond motifs is 2. The molecule has 2 heterocycles. The summed E-state index contributed by atoms with van der Waals surface area (Å²) in [4.78, 5) is 5.59. The van der Waals surface area contributed by atoms with Gasteiger partial charge in [0.1, 0.15) is 0 Å². The van der Waals surface area contributed by atoms with Crippen molar-refractivity contribution in [1.82, 2.24) is 9.80 Å². The molecule has 0 unspecified atom stereocenters. The Kier molecular flexibility index (Phi) is 4.05. The second kappa shape index (κ2) is 5.96. The van der Waals surface area contributed by atoms with Gasteiger partial charge >= 0.3 is 0 Å². The summed E-state index contributed by atoms with van der Waals surface area (Å²) in [5, 5.41) is 0. The van der Waals surface area contributed by atoms with E-state index in [9.17, 15) is 0 Å². The Morgan fingerprint density at radius 1 is 0.500 bits per heavy atom. The lowest BCUT2D eigenvalue weighted by Crippen LogP contribution is -2.33. The Morgan fingerprint density at radius 2 is 0.800 bits per heavy atom. The van der Waals surface area contributed by atoms with E-state index >= 15 is 0 Å². The molecule has 0 bridgehead atoms. The van der Waals surface area contributed by atoms with Crippen LogP contribution in [0.15, 0.2) is 0 Å². The minimum Gasteiger partial charge on any atom is -0.301 e. The van der Waals surface area contributed by atoms with Crippen molar-refractivity contribution in [2.45, 2.75) is 51.4 Å². The van der Waals surface area contributed by atoms with Crippen LogP contribution in [0.2, 0.25) is 0 Å². The zero-order valence-corrected chi connectivity index (χ0v) is 13.1. The van der Waals surface area contributed by atoms with Crippen LogP contribution in [0.3, 0.4) is 0 Å². The third-order valence-electron chi connectivity index (χ3n) is 6.84. The molecule has 2 nitrogen and oxygen atoms in total. The van der Waals surface area contributed by atoms with E-state index in [4.69, 9.17) is 0 Å². The van der Waals surface area contributed by atoms with Gasteiger partial charge in [-0.15, -0.1) is 0 Å². The first-order chi connectivity index (χ1) is 9.88. The fourth-order valence-electron chi connectivity index (χ4n) is 5.65. The molecule has 2 saturated carbocycles. The SMILES string of the molecule is C1CC[C@@H]2CN(CCN3C[C@H]4CCCC[C@H]4C3)C[C@H]2C1. The molecular formula is C18H32N2. The van der Waals surface area contributed by atoms with E-state index < -0.39 is 0 Å². The van der Waals surface area contributed by atoms with Crippen LogP contribution in [-0.4, -0.2) is 49.1 Å². The molecule has 4 fully saturated rings. The lowest BCUT2D eigenvalue weighted by atomic mass is 9.82. The van der Waals surface area contributed by atoms with Crippen molar-refractivity contribution in [2.24, 2.45) is 23.7 Å². The van der Waals surface area contributed by atoms with Gasteiger partial charge in [-0.25, -0.2) is 0 Å². The van der Waals surface area contributed by atoms with Gasteiger partial charge in [-0.1, -0.05) is 25.7 Å². The summed E-state index contributed by atoms with van der Waals surface area (Å²) < 4.78 is 0. The largest absolute Gasteiger partial charge is 0.301 e. The summed E-state index contributed by atoms with van der Waals surface area (Å²) in [5.41, 5.74) is 0. The Hall–Kier alpha value is -0.0800. The van der Waals surface area contributed by atoms with E-state index in [1.165, 1.54) is 90.6 Å². The van der Waals surface area contributed by atoms with Gasteiger partial charge in [0.05, 0.1) is 0 Å². The average molecular weight is 276 g/mol. The van der Waals surface area contributed by atoms with Crippen molar-refractivity contribution in [2.75, 3.05) is 39.3 Å². The van der Waals surface area contributed by atoms with Crippen LogP contribution < -0.4 is 0 Å². The number of rotatable bonds is 3. The quantitative estimate of drug-likeness (QED) is 0.781. The molecule has 4 atom stereocenters. The second-order valence-corrected chi connectivity index (χ2v) is 8.13. The van der Waals surface area contributed by atoms with E-state index in [1.807, 2.05) is 0 Å². The van der Waals surface area contributed by atoms with Crippen LogP contribution in [0.5, 0.6) is 0 Å². The van der Waals surface area contributed by atoms with E-state index in [-0.39, 0.29) is 0 Å². The summed E-state index contributed by atoms with van der Waals surface area (Å²) in [5.74, 6) is 4.24. The van der Waals surface area contributed by atoms with Gasteiger partial charge in [0.2, 0.25) is 0 Å². The zero-order valence-electron chi connectivity index (χ0n) is 13.1. The molecule has 20 heavy (non-hydrogen) atoms. The summed E-state index contributed by atoms with van der Waals surface area (Å²) in [6.45, 7) is 8.40. The molecule has 0 radical (unpaired) electrons. The van der Waals surface area contributed by atoms with Crippen LogP contribution in [0.1, 0.15) is 51.4 Å². The molecule has 2 saturated heterocycles. The molecule has 0 aromatic rings. The first kappa shape index (κ1) is 13.6. The van der Waals surface area contributed by atoms with E-state index in [0.717, 1.165) is 23.7 Å². The standard InChI is InChI=1S/C18H32N2/c1-2-6-16-12-19(11-15(16)5-1)9-10-20-13-17-7-3-4-8-18(17)14-20/h15-18H,1-14H2/t15-,16-,17-,18+/m1/s1. The fourth-order valence-corrected chi connectivity index (χ4v) is 5.65. The molecule has 2 heteroatoms. The first-order valence-electron chi connectivity index (χ1n) is 9.33. The lowest BCUT2D eigenvalue weighted by molar-refractivity contribution is 0.243. The summed E-state index contributed by atoms with van der Waals surface area (Å²) >= 11 is 0. The Labute approximate surface area is 124 Å². The molecule has 4 rings (SSSR count). The van der Waals surface area contributed by atoms with Crippen molar-refractivity contribution in [3.8, 4) is 0 Å². The molecule has 114 valence electrons. The summed E-state index contributed by atoms with van der Waals surface area (Å²) in [7, 11) is 0. The molecule has 0 aromatic carbocycles. The van der Waals surface area contributed by atoms with Gasteiger partial charge in [-0.3, -0.25) is 0 Å². The lowest BCUT2D eigenvalue weighted by Gasteiger charge is -2.23. The van der Waals surface area contributed by atoms with Crippen molar-refractivity contribution in [1.29, 1.82) is 0 Å². The molecule has 2 aliphatic carbocycles. The highest BCUT2D eigenvalue weighted by Gasteiger charge is 2.36. The predicted octanol–water partition coefficient (Wildman–Crippen LogP) is 3.23. The number of likely N-dealkylation sites (tertiary alicyclic amines) is 2. The van der Waals surface area contributed by atoms with Gasteiger partial charge < -0.3 is 9.80 Å². The smallest absolute Gasteiger partial charge is 0.0110 e. The van der Waals surface area contributed by atoms with Crippen molar-refractivity contribution in [3.63, 3.8) is 0 Å². The molecule has 0 amide bonds. The minimum atomic E-state index is 1.06. The van der Waals surface area contributed by atoms with Gasteiger partial charge in [0.15, 0.2) is 0 Å². The molecular weight excluding hydrogens is 244 g/mol. The van der Waals surface area contributed by atoms with Gasteiger partial charge in [-0.05, 0) is 49.4 Å². The predicted molar refractivity (Wildman–Crippen MR) is 83.8 cm³/mol. The fraction of sp³-hybridized carbons (Fsp3) is 1.00. The molecule has 0 aromatic heterocycles. The first-order valence-corrected chi connectivity index (χ1v) is 9.33. The monoisotopic (exact) mass is 276 g/mol. The average Bonchev–Trinajstić information content (AvgIpc) is 3.07. The number of hydrogen-bond acceptors (Lipinski definition) is 2. The third-order valence-corrected chi connectivity index (χ3v) is 6.84. The zero-order chi connectivity index (χ0) is 13.4. The summed E-state index contributed by atoms with van der Waals surface area (Å²) in [6.07, 6.45) is 12.1. The molecule has 2 aliphatic heterocycles. The maximum atomic E-state index is 2.79. The van der Waals surface area contributed by atoms with Gasteiger partial charge in [0.25, 0.3) is 0 Å².